The molecule has 19 heavy (non-hydrogen) atoms. The quantitative estimate of drug-likeness (QED) is 0.404. The Hall–Kier alpha value is -1.93. The minimum atomic E-state index is -5.12. The minimum Gasteiger partial charge on any atom is -0.287 e. The minimum absolute atomic E-state index is 2.00. The second-order valence-corrected chi connectivity index (χ2v) is 3.54. The van der Waals surface area contributed by atoms with Gasteiger partial charge in [-0.1, -0.05) is 0 Å². The van der Waals surface area contributed by atoms with Crippen LogP contribution in [0.4, 0.5) is 35.1 Å². The summed E-state index contributed by atoms with van der Waals surface area (Å²) in [4.78, 5) is 11.0. The molecule has 1 nitrogen and oxygen atoms in total. The Balaban J connectivity index is 3.01. The summed E-state index contributed by atoms with van der Waals surface area (Å²) in [7, 11) is 0. The first-order valence-corrected chi connectivity index (χ1v) is 4.47. The van der Waals surface area contributed by atoms with Gasteiger partial charge < -0.3 is 0 Å². The summed E-state index contributed by atoms with van der Waals surface area (Å²) in [6.45, 7) is 0. The topological polar surface area (TPSA) is 17.1 Å². The van der Waals surface area contributed by atoms with Gasteiger partial charge in [-0.3, -0.25) is 4.79 Å². The Labute approximate surface area is 98.7 Å². The second kappa shape index (κ2) is 3.78. The number of hydrogen-bond donors (Lipinski definition) is 0. The predicted octanol–water partition coefficient (Wildman–Crippen LogP) is 3.68. The highest BCUT2D eigenvalue weighted by Crippen LogP contribution is 2.44. The molecule has 1 aromatic carbocycles. The molecule has 0 saturated carbocycles. The van der Waals surface area contributed by atoms with Crippen LogP contribution >= 0.6 is 0 Å². The fraction of sp³-hybridized carbons (Fsp3) is 0.100. The number of benzene rings is 1. The predicted molar refractivity (Wildman–Crippen MR) is 44.7 cm³/mol. The molecule has 0 unspecified atom stereocenters. The Morgan fingerprint density at radius 1 is 0.684 bits per heavy atom. The van der Waals surface area contributed by atoms with Crippen LogP contribution in [-0.2, 0) is 0 Å². The van der Waals surface area contributed by atoms with Gasteiger partial charge in [0, 0.05) is 0 Å². The second-order valence-electron chi connectivity index (χ2n) is 3.54. The Morgan fingerprint density at radius 3 is 1.58 bits per heavy atom. The van der Waals surface area contributed by atoms with Crippen LogP contribution in [-0.4, -0.2) is 11.7 Å². The van der Waals surface area contributed by atoms with Crippen LogP contribution in [0.3, 0.4) is 0 Å². The maximum absolute atomic E-state index is 13.2. The summed E-state index contributed by atoms with van der Waals surface area (Å²) in [5, 5.41) is 0. The molecule has 102 valence electrons. The molecule has 1 aromatic rings. The first kappa shape index (κ1) is 13.5. The van der Waals surface area contributed by atoms with Gasteiger partial charge in [0.2, 0.25) is 11.6 Å². The first-order valence-electron chi connectivity index (χ1n) is 4.47. The fourth-order valence-corrected chi connectivity index (χ4v) is 1.56. The summed E-state index contributed by atoms with van der Waals surface area (Å²) >= 11 is 0. The van der Waals surface area contributed by atoms with Gasteiger partial charge in [-0.2, -0.15) is 8.78 Å². The number of carbonyl (C=O) groups excluding carboxylic acids is 1. The summed E-state index contributed by atoms with van der Waals surface area (Å²) < 4.78 is 104. The van der Waals surface area contributed by atoms with E-state index in [1.807, 2.05) is 0 Å². The van der Waals surface area contributed by atoms with Crippen molar-refractivity contribution in [3.63, 3.8) is 0 Å². The van der Waals surface area contributed by atoms with E-state index in [2.05, 4.69) is 0 Å². The van der Waals surface area contributed by atoms with E-state index < -0.39 is 57.8 Å². The fourth-order valence-electron chi connectivity index (χ4n) is 1.56. The molecular weight excluding hydrogens is 288 g/mol. The lowest BCUT2D eigenvalue weighted by atomic mass is 9.90. The zero-order valence-electron chi connectivity index (χ0n) is 8.43. The van der Waals surface area contributed by atoms with Crippen molar-refractivity contribution >= 4 is 11.6 Å². The highest BCUT2D eigenvalue weighted by molar-refractivity contribution is 6.10. The number of rotatable bonds is 0. The van der Waals surface area contributed by atoms with Crippen LogP contribution in [0, 0.1) is 23.3 Å². The average Bonchev–Trinajstić information content (AvgIpc) is 2.36. The van der Waals surface area contributed by atoms with E-state index in [0.29, 0.717) is 0 Å². The van der Waals surface area contributed by atoms with E-state index in [-0.39, 0.29) is 0 Å². The summed E-state index contributed by atoms with van der Waals surface area (Å²) in [6, 6.07) is 0. The van der Waals surface area contributed by atoms with Crippen LogP contribution in [0.2, 0.25) is 0 Å². The van der Waals surface area contributed by atoms with Crippen molar-refractivity contribution in [1.82, 2.24) is 0 Å². The third-order valence-electron chi connectivity index (χ3n) is 2.47. The number of Topliss-reactive ketones (excluding diaryl/α,β-unsaturated/α-hetero) is 1. The normalized spacial score (nSPS) is 17.8. The maximum Gasteiger partial charge on any atom is 0.363 e. The lowest BCUT2D eigenvalue weighted by molar-refractivity contribution is 0.0181. The van der Waals surface area contributed by atoms with Crippen LogP contribution in [0.1, 0.15) is 15.9 Å². The Kier molecular flexibility index (Phi) is 2.69. The lowest BCUT2D eigenvalue weighted by Gasteiger charge is -2.22. The molecule has 0 atom stereocenters. The average molecular weight is 288 g/mol. The molecule has 9 heteroatoms. The molecule has 2 rings (SSSR count). The largest absolute Gasteiger partial charge is 0.363 e. The molecule has 0 heterocycles. The third-order valence-corrected chi connectivity index (χ3v) is 2.47. The number of hydrogen-bond acceptors (Lipinski definition) is 1. The maximum atomic E-state index is 13.2. The Bertz CT molecular complexity index is 646. The molecule has 0 bridgehead atoms. The van der Waals surface area contributed by atoms with Crippen LogP contribution in [0.25, 0.3) is 5.83 Å². The van der Waals surface area contributed by atoms with Crippen molar-refractivity contribution in [2.75, 3.05) is 0 Å². The van der Waals surface area contributed by atoms with E-state index >= 15 is 0 Å². The molecule has 1 aliphatic rings. The summed E-state index contributed by atoms with van der Waals surface area (Å²) in [6.07, 6.45) is 0. The van der Waals surface area contributed by atoms with E-state index in [9.17, 15) is 39.9 Å². The molecule has 0 amide bonds. The monoisotopic (exact) mass is 288 g/mol. The number of allylic oxidation sites excluding steroid dienone is 1. The molecule has 0 aromatic heterocycles. The molecule has 0 radical (unpaired) electrons. The van der Waals surface area contributed by atoms with Gasteiger partial charge in [0.15, 0.2) is 29.1 Å². The van der Waals surface area contributed by atoms with Crippen molar-refractivity contribution in [3.8, 4) is 0 Å². The van der Waals surface area contributed by atoms with Crippen LogP contribution < -0.4 is 0 Å². The van der Waals surface area contributed by atoms with Crippen LogP contribution in [0.5, 0.6) is 0 Å². The number of halogens is 8. The third kappa shape index (κ3) is 1.50. The van der Waals surface area contributed by atoms with Crippen molar-refractivity contribution in [3.05, 3.63) is 40.2 Å². The lowest BCUT2D eigenvalue weighted by Crippen LogP contribution is -2.35. The summed E-state index contributed by atoms with van der Waals surface area (Å²) in [5.41, 5.74) is -4.06. The number of fused-ring (bicyclic) bond motifs is 1. The Morgan fingerprint density at radius 2 is 1.11 bits per heavy atom. The molecule has 0 N–H and O–H groups in total. The van der Waals surface area contributed by atoms with Gasteiger partial charge in [0.05, 0.1) is 11.1 Å². The standard InChI is InChI=1S/C10F8O/c11-3-1-2(4(12)7(15)6(3)14)9(19)10(17,18)8(16)5(1)13. The number of alkyl halides is 2. The van der Waals surface area contributed by atoms with Crippen molar-refractivity contribution in [2.45, 2.75) is 5.92 Å². The number of ketones is 1. The molecular formula is C10F8O. The van der Waals surface area contributed by atoms with Gasteiger partial charge in [0.1, 0.15) is 0 Å². The summed E-state index contributed by atoms with van der Waals surface area (Å²) in [5.74, 6) is -23.6. The highest BCUT2D eigenvalue weighted by Gasteiger charge is 2.54. The van der Waals surface area contributed by atoms with Crippen molar-refractivity contribution in [2.24, 2.45) is 0 Å². The van der Waals surface area contributed by atoms with Gasteiger partial charge in [-0.05, 0) is 0 Å². The molecule has 1 aliphatic carbocycles. The SMILES string of the molecule is O=C1c2c(F)c(F)c(F)c(F)c2C(F)=C(F)C1(F)F. The number of carbonyl (C=O) groups is 1. The van der Waals surface area contributed by atoms with Gasteiger partial charge in [-0.15, -0.1) is 0 Å². The molecule has 0 spiro atoms. The molecule has 0 fully saturated rings. The van der Waals surface area contributed by atoms with E-state index in [1.165, 1.54) is 0 Å². The zero-order valence-corrected chi connectivity index (χ0v) is 8.43. The van der Waals surface area contributed by atoms with Gasteiger partial charge >= 0.3 is 5.92 Å². The van der Waals surface area contributed by atoms with E-state index in [1.54, 1.807) is 0 Å². The van der Waals surface area contributed by atoms with Crippen LogP contribution in [0.15, 0.2) is 5.83 Å². The highest BCUT2D eigenvalue weighted by atomic mass is 19.3. The zero-order chi connectivity index (χ0) is 14.7. The van der Waals surface area contributed by atoms with E-state index in [4.69, 9.17) is 0 Å². The first-order chi connectivity index (χ1) is 8.62. The molecule has 0 saturated heterocycles. The van der Waals surface area contributed by atoms with Gasteiger partial charge in [0.25, 0.3) is 0 Å². The smallest absolute Gasteiger partial charge is 0.287 e. The van der Waals surface area contributed by atoms with Gasteiger partial charge in [-0.25, -0.2) is 26.3 Å². The molecule has 0 aliphatic heterocycles. The van der Waals surface area contributed by atoms with Crippen molar-refractivity contribution < 1.29 is 39.9 Å². The van der Waals surface area contributed by atoms with Crippen molar-refractivity contribution in [1.29, 1.82) is 0 Å². The van der Waals surface area contributed by atoms with E-state index in [0.717, 1.165) is 0 Å².